The summed E-state index contributed by atoms with van der Waals surface area (Å²) in [6, 6.07) is 0.401. The summed E-state index contributed by atoms with van der Waals surface area (Å²) < 4.78 is 1.60. The Kier molecular flexibility index (Phi) is 2.53. The molecule has 3 rings (SSSR count). The van der Waals surface area contributed by atoms with Gasteiger partial charge in [0.25, 0.3) is 0 Å². The normalized spacial score (nSPS) is 19.3. The predicted octanol–water partition coefficient (Wildman–Crippen LogP) is 2.24. The van der Waals surface area contributed by atoms with Crippen molar-refractivity contribution in [1.29, 1.82) is 0 Å². The Balaban J connectivity index is 1.88. The molecule has 0 aromatic carbocycles. The van der Waals surface area contributed by atoms with Crippen LogP contribution in [-0.2, 0) is 7.05 Å². The van der Waals surface area contributed by atoms with E-state index >= 15 is 0 Å². The molecule has 0 unspecified atom stereocenters. The van der Waals surface area contributed by atoms with E-state index in [4.69, 9.17) is 0 Å². The van der Waals surface area contributed by atoms with Crippen LogP contribution < -0.4 is 5.32 Å². The largest absolute Gasteiger partial charge is 0.361 e. The first-order valence-electron chi connectivity index (χ1n) is 6.52. The molecule has 2 aliphatic rings. The Morgan fingerprint density at radius 3 is 2.39 bits per heavy atom. The maximum Gasteiger partial charge on any atom is 0.333 e. The van der Waals surface area contributed by atoms with Gasteiger partial charge >= 0.3 is 5.69 Å². The van der Waals surface area contributed by atoms with E-state index in [9.17, 15) is 10.1 Å². The second kappa shape index (κ2) is 3.96. The van der Waals surface area contributed by atoms with Crippen LogP contribution in [0.4, 0.5) is 11.5 Å². The molecule has 1 heterocycles. The van der Waals surface area contributed by atoms with Crippen molar-refractivity contribution >= 4 is 11.5 Å². The average molecular weight is 250 g/mol. The Hall–Kier alpha value is -1.59. The quantitative estimate of drug-likeness (QED) is 0.642. The summed E-state index contributed by atoms with van der Waals surface area (Å²) in [5.41, 5.74) is 0.610. The molecule has 2 saturated carbocycles. The van der Waals surface area contributed by atoms with Crippen LogP contribution in [0, 0.1) is 28.9 Å². The van der Waals surface area contributed by atoms with Crippen molar-refractivity contribution in [2.75, 3.05) is 5.32 Å². The van der Waals surface area contributed by atoms with E-state index in [1.165, 1.54) is 25.7 Å². The van der Waals surface area contributed by atoms with E-state index in [0.717, 1.165) is 0 Å². The molecule has 0 aliphatic heterocycles. The second-order valence-electron chi connectivity index (χ2n) is 5.51. The van der Waals surface area contributed by atoms with E-state index in [-0.39, 0.29) is 10.6 Å². The molecule has 0 atom stereocenters. The molecule has 1 N–H and O–H groups in total. The Morgan fingerprint density at radius 2 is 1.94 bits per heavy atom. The first kappa shape index (κ1) is 11.5. The zero-order valence-corrected chi connectivity index (χ0v) is 10.7. The van der Waals surface area contributed by atoms with Crippen LogP contribution >= 0.6 is 0 Å². The van der Waals surface area contributed by atoms with Gasteiger partial charge in [-0.15, -0.1) is 0 Å². The van der Waals surface area contributed by atoms with Gasteiger partial charge in [0.15, 0.2) is 0 Å². The molecule has 6 nitrogen and oxygen atoms in total. The first-order valence-corrected chi connectivity index (χ1v) is 6.52. The zero-order chi connectivity index (χ0) is 12.9. The molecule has 0 radical (unpaired) electrons. The van der Waals surface area contributed by atoms with Crippen molar-refractivity contribution in [3.8, 4) is 0 Å². The van der Waals surface area contributed by atoms with Gasteiger partial charge in [-0.25, -0.2) is 4.68 Å². The third-order valence-corrected chi connectivity index (χ3v) is 3.94. The molecule has 6 heteroatoms. The molecule has 1 aromatic heterocycles. The summed E-state index contributed by atoms with van der Waals surface area (Å²) >= 11 is 0. The van der Waals surface area contributed by atoms with Gasteiger partial charge < -0.3 is 5.32 Å². The van der Waals surface area contributed by atoms with Gasteiger partial charge in [0.2, 0.25) is 5.82 Å². The molecule has 18 heavy (non-hydrogen) atoms. The number of nitrogens with one attached hydrogen (secondary N) is 1. The predicted molar refractivity (Wildman–Crippen MR) is 67.5 cm³/mol. The number of nitrogens with zero attached hydrogens (tertiary/aromatic N) is 3. The summed E-state index contributed by atoms with van der Waals surface area (Å²) in [4.78, 5) is 10.8. The van der Waals surface area contributed by atoms with Gasteiger partial charge in [-0.3, -0.25) is 10.1 Å². The highest BCUT2D eigenvalue weighted by molar-refractivity contribution is 5.60. The highest BCUT2D eigenvalue weighted by Crippen LogP contribution is 2.46. The minimum atomic E-state index is -0.332. The van der Waals surface area contributed by atoms with E-state index in [2.05, 4.69) is 10.4 Å². The van der Waals surface area contributed by atoms with E-state index in [1.54, 1.807) is 18.7 Å². The van der Waals surface area contributed by atoms with Crippen LogP contribution in [0.5, 0.6) is 0 Å². The van der Waals surface area contributed by atoms with Crippen molar-refractivity contribution < 1.29 is 4.92 Å². The number of hydrogen-bond donors (Lipinski definition) is 1. The summed E-state index contributed by atoms with van der Waals surface area (Å²) in [7, 11) is 1.76. The molecule has 2 aliphatic carbocycles. The van der Waals surface area contributed by atoms with E-state index in [1.807, 2.05) is 0 Å². The lowest BCUT2D eigenvalue weighted by Crippen LogP contribution is -2.26. The van der Waals surface area contributed by atoms with Crippen LogP contribution in [0.25, 0.3) is 0 Å². The number of hydrogen-bond acceptors (Lipinski definition) is 4. The van der Waals surface area contributed by atoms with E-state index < -0.39 is 0 Å². The first-order chi connectivity index (χ1) is 8.58. The van der Waals surface area contributed by atoms with Gasteiger partial charge in [0.05, 0.1) is 4.92 Å². The third kappa shape index (κ3) is 1.95. The Bertz CT molecular complexity index is 477. The molecule has 0 bridgehead atoms. The van der Waals surface area contributed by atoms with Crippen molar-refractivity contribution in [2.24, 2.45) is 18.9 Å². The number of aryl methyl sites for hydroxylation is 2. The molecule has 1 aromatic rings. The average Bonchev–Trinajstić information content (AvgIpc) is 3.14. The molecule has 0 saturated heterocycles. The summed E-state index contributed by atoms with van der Waals surface area (Å²) in [6.45, 7) is 1.69. The number of aromatic nitrogens is 2. The molecule has 2 fully saturated rings. The maximum absolute atomic E-state index is 11.1. The fourth-order valence-electron chi connectivity index (χ4n) is 2.72. The van der Waals surface area contributed by atoms with Crippen molar-refractivity contribution in [3.63, 3.8) is 0 Å². The molecule has 0 amide bonds. The number of anilines is 1. The Morgan fingerprint density at radius 1 is 1.39 bits per heavy atom. The van der Waals surface area contributed by atoms with Crippen LogP contribution in [0.3, 0.4) is 0 Å². The maximum atomic E-state index is 11.1. The van der Waals surface area contributed by atoms with Crippen molar-refractivity contribution in [2.45, 2.75) is 38.6 Å². The topological polar surface area (TPSA) is 73.0 Å². The van der Waals surface area contributed by atoms with Crippen molar-refractivity contribution in [1.82, 2.24) is 9.78 Å². The lowest BCUT2D eigenvalue weighted by Gasteiger charge is -2.18. The van der Waals surface area contributed by atoms with E-state index in [0.29, 0.717) is 29.4 Å². The SMILES string of the molecule is Cc1nn(C)c(NC(C2CC2)C2CC2)c1[N+](=O)[O-]. The lowest BCUT2D eigenvalue weighted by atomic mass is 10.1. The van der Waals surface area contributed by atoms with Crippen LogP contribution in [0.1, 0.15) is 31.4 Å². The number of rotatable bonds is 5. The molecule has 0 spiro atoms. The standard InChI is InChI=1S/C12H18N4O2/c1-7-11(16(17)18)12(15(2)14-7)13-10(8-3-4-8)9-5-6-9/h8-10,13H,3-6H2,1-2H3. The van der Waals surface area contributed by atoms with Crippen LogP contribution in [-0.4, -0.2) is 20.7 Å². The second-order valence-corrected chi connectivity index (χ2v) is 5.51. The highest BCUT2D eigenvalue weighted by atomic mass is 16.6. The number of nitro groups is 1. The van der Waals surface area contributed by atoms with Crippen LogP contribution in [0.2, 0.25) is 0 Å². The summed E-state index contributed by atoms with van der Waals surface area (Å²) in [5.74, 6) is 1.97. The smallest absolute Gasteiger partial charge is 0.333 e. The summed E-state index contributed by atoms with van der Waals surface area (Å²) in [6.07, 6.45) is 5.00. The van der Waals surface area contributed by atoms with Crippen LogP contribution in [0.15, 0.2) is 0 Å². The zero-order valence-electron chi connectivity index (χ0n) is 10.7. The van der Waals surface area contributed by atoms with Gasteiger partial charge in [-0.1, -0.05) is 0 Å². The monoisotopic (exact) mass is 250 g/mol. The minimum Gasteiger partial charge on any atom is -0.361 e. The third-order valence-electron chi connectivity index (χ3n) is 3.94. The molecule has 98 valence electrons. The van der Waals surface area contributed by atoms with Crippen molar-refractivity contribution in [3.05, 3.63) is 15.8 Å². The fraction of sp³-hybridized carbons (Fsp3) is 0.750. The molecular weight excluding hydrogens is 232 g/mol. The van der Waals surface area contributed by atoms with Gasteiger partial charge in [-0.05, 0) is 44.4 Å². The van der Waals surface area contributed by atoms with Gasteiger partial charge in [0, 0.05) is 13.1 Å². The highest BCUT2D eigenvalue weighted by Gasteiger charge is 2.43. The minimum absolute atomic E-state index is 0.129. The Labute approximate surface area is 106 Å². The fourth-order valence-corrected chi connectivity index (χ4v) is 2.72. The molecular formula is C12H18N4O2. The van der Waals surface area contributed by atoms with Gasteiger partial charge in [-0.2, -0.15) is 5.10 Å². The summed E-state index contributed by atoms with van der Waals surface area (Å²) in [5, 5.41) is 18.7. The van der Waals surface area contributed by atoms with Gasteiger partial charge in [0.1, 0.15) is 5.69 Å². The lowest BCUT2D eigenvalue weighted by molar-refractivity contribution is -0.384.